The van der Waals surface area contributed by atoms with E-state index < -0.39 is 5.97 Å². The lowest BCUT2D eigenvalue weighted by Crippen LogP contribution is -2.14. The minimum atomic E-state index is -0.987. The highest BCUT2D eigenvalue weighted by Gasteiger charge is 2.13. The predicted octanol–water partition coefficient (Wildman–Crippen LogP) is 3.06. The van der Waals surface area contributed by atoms with Gasteiger partial charge in [-0.1, -0.05) is 32.9 Å². The van der Waals surface area contributed by atoms with Crippen LogP contribution in [0.25, 0.3) is 0 Å². The number of nitrogens with one attached hydrogen (secondary N) is 1. The standard InChI is InChI=1S/C19H25N3O4/c1-19(2,3)14-6-8-15(9-7-14)26-12-4-5-17(23)20-16-10-11-22(21-16)13-18(24)25/h6-11H,4-5,12-13H2,1-3H3,(H,24,25)(H,20,21,23). The quantitative estimate of drug-likeness (QED) is 0.707. The van der Waals surface area contributed by atoms with Crippen molar-refractivity contribution in [3.8, 4) is 5.75 Å². The molecule has 2 N–H and O–H groups in total. The van der Waals surface area contributed by atoms with Gasteiger partial charge in [-0.05, 0) is 29.5 Å². The Labute approximate surface area is 153 Å². The first kappa shape index (κ1) is 19.5. The van der Waals surface area contributed by atoms with Crippen LogP contribution >= 0.6 is 0 Å². The molecule has 1 aromatic carbocycles. The maximum absolute atomic E-state index is 11.9. The molecule has 0 saturated heterocycles. The Balaban J connectivity index is 1.70. The summed E-state index contributed by atoms with van der Waals surface area (Å²) < 4.78 is 6.91. The fourth-order valence-corrected chi connectivity index (χ4v) is 2.33. The SMILES string of the molecule is CC(C)(C)c1ccc(OCCCC(=O)Nc2ccn(CC(=O)O)n2)cc1. The van der Waals surface area contributed by atoms with E-state index in [9.17, 15) is 9.59 Å². The average molecular weight is 359 g/mol. The van der Waals surface area contributed by atoms with Crippen LogP contribution in [-0.2, 0) is 21.5 Å². The Kier molecular flexibility index (Phi) is 6.38. The van der Waals surface area contributed by atoms with Crippen molar-refractivity contribution in [2.45, 2.75) is 45.6 Å². The zero-order valence-electron chi connectivity index (χ0n) is 15.4. The zero-order chi connectivity index (χ0) is 19.2. The van der Waals surface area contributed by atoms with E-state index in [4.69, 9.17) is 9.84 Å². The van der Waals surface area contributed by atoms with Crippen molar-refractivity contribution >= 4 is 17.7 Å². The van der Waals surface area contributed by atoms with E-state index in [2.05, 4.69) is 43.3 Å². The van der Waals surface area contributed by atoms with Crippen LogP contribution in [0.5, 0.6) is 5.75 Å². The van der Waals surface area contributed by atoms with Crippen molar-refractivity contribution in [1.82, 2.24) is 9.78 Å². The predicted molar refractivity (Wildman–Crippen MR) is 98.4 cm³/mol. The number of carboxylic acids is 1. The van der Waals surface area contributed by atoms with Crippen molar-refractivity contribution in [1.29, 1.82) is 0 Å². The van der Waals surface area contributed by atoms with E-state index in [1.54, 1.807) is 6.07 Å². The summed E-state index contributed by atoms with van der Waals surface area (Å²) in [6, 6.07) is 9.55. The molecule has 0 atom stereocenters. The summed E-state index contributed by atoms with van der Waals surface area (Å²) in [5.74, 6) is -0.0447. The Hall–Kier alpha value is -2.83. The lowest BCUT2D eigenvalue weighted by atomic mass is 9.87. The molecule has 0 saturated carbocycles. The second kappa shape index (κ2) is 8.51. The minimum Gasteiger partial charge on any atom is -0.494 e. The molecular weight excluding hydrogens is 334 g/mol. The molecule has 0 fully saturated rings. The maximum atomic E-state index is 11.9. The first-order valence-corrected chi connectivity index (χ1v) is 8.52. The number of hydrogen-bond acceptors (Lipinski definition) is 4. The fraction of sp³-hybridized carbons (Fsp3) is 0.421. The monoisotopic (exact) mass is 359 g/mol. The van der Waals surface area contributed by atoms with Crippen molar-refractivity contribution in [2.24, 2.45) is 0 Å². The molecule has 0 aliphatic heterocycles. The van der Waals surface area contributed by atoms with Crippen LogP contribution in [0.2, 0.25) is 0 Å². The molecule has 0 aliphatic carbocycles. The molecular formula is C19H25N3O4. The van der Waals surface area contributed by atoms with E-state index in [1.807, 2.05) is 12.1 Å². The second-order valence-electron chi connectivity index (χ2n) is 7.07. The molecule has 2 aromatic rings. The van der Waals surface area contributed by atoms with Crippen LogP contribution in [0.3, 0.4) is 0 Å². The number of amides is 1. The topological polar surface area (TPSA) is 93.5 Å². The number of aliphatic carboxylic acids is 1. The summed E-state index contributed by atoms with van der Waals surface area (Å²) in [6.45, 7) is 6.68. The van der Waals surface area contributed by atoms with Crippen LogP contribution in [-0.4, -0.2) is 33.4 Å². The number of anilines is 1. The molecule has 7 heteroatoms. The molecule has 0 radical (unpaired) electrons. The third kappa shape index (κ3) is 6.23. The number of benzene rings is 1. The fourth-order valence-electron chi connectivity index (χ4n) is 2.33. The van der Waals surface area contributed by atoms with Gasteiger partial charge in [0.05, 0.1) is 6.61 Å². The van der Waals surface area contributed by atoms with Crippen LogP contribution in [0.4, 0.5) is 5.82 Å². The Morgan fingerprint density at radius 1 is 1.19 bits per heavy atom. The van der Waals surface area contributed by atoms with E-state index in [0.29, 0.717) is 25.3 Å². The number of carbonyl (C=O) groups is 2. The first-order chi connectivity index (χ1) is 12.2. The highest BCUT2D eigenvalue weighted by molar-refractivity contribution is 5.89. The summed E-state index contributed by atoms with van der Waals surface area (Å²) in [5, 5.41) is 15.3. The number of rotatable bonds is 8. The van der Waals surface area contributed by atoms with Crippen molar-refractivity contribution < 1.29 is 19.4 Å². The average Bonchev–Trinajstić information content (AvgIpc) is 2.97. The van der Waals surface area contributed by atoms with Gasteiger partial charge in [-0.15, -0.1) is 0 Å². The van der Waals surface area contributed by atoms with Gasteiger partial charge in [0.2, 0.25) is 5.91 Å². The van der Waals surface area contributed by atoms with Gasteiger partial charge < -0.3 is 15.2 Å². The van der Waals surface area contributed by atoms with Gasteiger partial charge in [-0.2, -0.15) is 5.10 Å². The summed E-state index contributed by atoms with van der Waals surface area (Å²) in [6.07, 6.45) is 2.38. The molecule has 0 aliphatic rings. The lowest BCUT2D eigenvalue weighted by Gasteiger charge is -2.19. The van der Waals surface area contributed by atoms with Gasteiger partial charge in [0.15, 0.2) is 5.82 Å². The van der Waals surface area contributed by atoms with E-state index >= 15 is 0 Å². The molecule has 7 nitrogen and oxygen atoms in total. The molecule has 26 heavy (non-hydrogen) atoms. The molecule has 0 spiro atoms. The molecule has 1 aromatic heterocycles. The summed E-state index contributed by atoms with van der Waals surface area (Å²) in [5.41, 5.74) is 1.35. The smallest absolute Gasteiger partial charge is 0.325 e. The third-order valence-electron chi connectivity index (χ3n) is 3.74. The van der Waals surface area contributed by atoms with E-state index in [0.717, 1.165) is 5.75 Å². The Bertz CT molecular complexity index is 745. The molecule has 0 bridgehead atoms. The molecule has 1 amide bonds. The van der Waals surface area contributed by atoms with Gasteiger partial charge in [0.25, 0.3) is 0 Å². The normalized spacial score (nSPS) is 11.2. The summed E-state index contributed by atoms with van der Waals surface area (Å²) in [7, 11) is 0. The van der Waals surface area contributed by atoms with Gasteiger partial charge >= 0.3 is 5.97 Å². The molecule has 0 unspecified atom stereocenters. The third-order valence-corrected chi connectivity index (χ3v) is 3.74. The van der Waals surface area contributed by atoms with Crippen LogP contribution in [0, 0.1) is 0 Å². The van der Waals surface area contributed by atoms with Gasteiger partial charge in [0, 0.05) is 18.7 Å². The van der Waals surface area contributed by atoms with Crippen molar-refractivity contribution in [2.75, 3.05) is 11.9 Å². The van der Waals surface area contributed by atoms with Crippen LogP contribution < -0.4 is 10.1 Å². The summed E-state index contributed by atoms with van der Waals surface area (Å²) in [4.78, 5) is 22.5. The molecule has 140 valence electrons. The van der Waals surface area contributed by atoms with Crippen molar-refractivity contribution in [3.63, 3.8) is 0 Å². The maximum Gasteiger partial charge on any atom is 0.325 e. The number of ether oxygens (including phenoxy) is 1. The number of hydrogen-bond donors (Lipinski definition) is 2. The first-order valence-electron chi connectivity index (χ1n) is 8.52. The Morgan fingerprint density at radius 2 is 1.88 bits per heavy atom. The zero-order valence-corrected chi connectivity index (χ0v) is 15.4. The second-order valence-corrected chi connectivity index (χ2v) is 7.07. The molecule has 2 rings (SSSR count). The number of aromatic nitrogens is 2. The number of nitrogens with zero attached hydrogens (tertiary/aromatic N) is 2. The largest absolute Gasteiger partial charge is 0.494 e. The van der Waals surface area contributed by atoms with Crippen molar-refractivity contribution in [3.05, 3.63) is 42.1 Å². The van der Waals surface area contributed by atoms with Gasteiger partial charge in [-0.3, -0.25) is 14.3 Å². The number of carbonyl (C=O) groups excluding carboxylic acids is 1. The highest BCUT2D eigenvalue weighted by atomic mass is 16.5. The van der Waals surface area contributed by atoms with Gasteiger partial charge in [0.1, 0.15) is 12.3 Å². The lowest BCUT2D eigenvalue weighted by molar-refractivity contribution is -0.137. The van der Waals surface area contributed by atoms with Crippen LogP contribution in [0.15, 0.2) is 36.5 Å². The van der Waals surface area contributed by atoms with Gasteiger partial charge in [-0.25, -0.2) is 0 Å². The van der Waals surface area contributed by atoms with E-state index in [-0.39, 0.29) is 17.9 Å². The molecule has 1 heterocycles. The Morgan fingerprint density at radius 3 is 2.50 bits per heavy atom. The van der Waals surface area contributed by atoms with Crippen LogP contribution in [0.1, 0.15) is 39.2 Å². The number of carboxylic acid groups (broad SMARTS) is 1. The highest BCUT2D eigenvalue weighted by Crippen LogP contribution is 2.24. The summed E-state index contributed by atoms with van der Waals surface area (Å²) >= 11 is 0. The van der Waals surface area contributed by atoms with E-state index in [1.165, 1.54) is 16.4 Å². The minimum absolute atomic E-state index is 0.105.